The Morgan fingerprint density at radius 3 is 2.42 bits per heavy atom. The van der Waals surface area contributed by atoms with Gasteiger partial charge in [-0.25, -0.2) is 4.39 Å². The highest BCUT2D eigenvalue weighted by atomic mass is 19.1. The van der Waals surface area contributed by atoms with E-state index in [-0.39, 0.29) is 11.7 Å². The molecule has 2 N–H and O–H groups in total. The van der Waals surface area contributed by atoms with E-state index >= 15 is 0 Å². The smallest absolute Gasteiger partial charge is 0.248 e. The molecule has 0 aromatic heterocycles. The largest absolute Gasteiger partial charge is 0.366 e. The van der Waals surface area contributed by atoms with E-state index in [9.17, 15) is 14.0 Å². The van der Waals surface area contributed by atoms with Crippen molar-refractivity contribution < 1.29 is 14.0 Å². The Labute approximate surface area is 140 Å². The van der Waals surface area contributed by atoms with Gasteiger partial charge in [-0.3, -0.25) is 9.59 Å². The molecule has 0 spiro atoms. The molecule has 0 saturated heterocycles. The zero-order valence-corrected chi connectivity index (χ0v) is 13.4. The van der Waals surface area contributed by atoms with E-state index in [4.69, 9.17) is 5.73 Å². The first kappa shape index (κ1) is 17.4. The molecule has 0 bridgehead atoms. The number of likely N-dealkylation sites (N-methyl/N-ethyl adjacent to an activating group) is 1. The van der Waals surface area contributed by atoms with Crippen LogP contribution in [0, 0.1) is 5.82 Å². The summed E-state index contributed by atoms with van der Waals surface area (Å²) < 4.78 is 13.5. The molecule has 0 aliphatic carbocycles. The van der Waals surface area contributed by atoms with Crippen LogP contribution in [0.2, 0.25) is 0 Å². The SMILES string of the molecule is CN(CCc1ccccc1F)C(=O)/C=C/c1ccc(C(N)=O)cc1. The molecule has 5 heteroatoms. The number of carbonyl (C=O) groups excluding carboxylic acids is 2. The lowest BCUT2D eigenvalue weighted by Crippen LogP contribution is -2.27. The number of hydrogen-bond acceptors (Lipinski definition) is 2. The third-order valence-corrected chi connectivity index (χ3v) is 3.66. The molecule has 0 heterocycles. The fourth-order valence-electron chi connectivity index (χ4n) is 2.15. The molecule has 4 nitrogen and oxygen atoms in total. The standard InChI is InChI=1S/C19H19FN2O2/c1-22(13-12-15-4-2-3-5-17(15)20)18(23)11-8-14-6-9-16(10-7-14)19(21)24/h2-11H,12-13H2,1H3,(H2,21,24)/b11-8+. The van der Waals surface area contributed by atoms with Gasteiger partial charge < -0.3 is 10.6 Å². The van der Waals surface area contributed by atoms with Gasteiger partial charge in [0.2, 0.25) is 11.8 Å². The minimum absolute atomic E-state index is 0.176. The summed E-state index contributed by atoms with van der Waals surface area (Å²) >= 11 is 0. The second-order valence-corrected chi connectivity index (χ2v) is 5.42. The Morgan fingerprint density at radius 1 is 1.12 bits per heavy atom. The molecule has 0 unspecified atom stereocenters. The number of nitrogens with zero attached hydrogens (tertiary/aromatic N) is 1. The number of hydrogen-bond donors (Lipinski definition) is 1. The molecule has 0 aliphatic rings. The van der Waals surface area contributed by atoms with E-state index in [0.717, 1.165) is 5.56 Å². The Hall–Kier alpha value is -2.95. The molecule has 0 radical (unpaired) electrons. The summed E-state index contributed by atoms with van der Waals surface area (Å²) in [7, 11) is 1.67. The third kappa shape index (κ3) is 4.78. The quantitative estimate of drug-likeness (QED) is 0.830. The van der Waals surface area contributed by atoms with Crippen LogP contribution in [0.15, 0.2) is 54.6 Å². The number of carbonyl (C=O) groups is 2. The fourth-order valence-corrected chi connectivity index (χ4v) is 2.15. The predicted molar refractivity (Wildman–Crippen MR) is 91.7 cm³/mol. The second kappa shape index (κ2) is 8.06. The Bertz CT molecular complexity index is 754. The molecular formula is C19H19FN2O2. The zero-order valence-electron chi connectivity index (χ0n) is 13.4. The zero-order chi connectivity index (χ0) is 17.5. The summed E-state index contributed by atoms with van der Waals surface area (Å²) in [5, 5.41) is 0. The molecule has 0 fully saturated rings. The molecule has 2 amide bonds. The van der Waals surface area contributed by atoms with Gasteiger partial charge in [-0.2, -0.15) is 0 Å². The maximum absolute atomic E-state index is 13.5. The summed E-state index contributed by atoms with van der Waals surface area (Å²) in [5.41, 5.74) is 6.96. The minimum Gasteiger partial charge on any atom is -0.366 e. The number of rotatable bonds is 6. The van der Waals surface area contributed by atoms with Gasteiger partial charge in [-0.1, -0.05) is 30.3 Å². The lowest BCUT2D eigenvalue weighted by atomic mass is 10.1. The van der Waals surface area contributed by atoms with Crippen molar-refractivity contribution in [1.82, 2.24) is 4.90 Å². The van der Waals surface area contributed by atoms with Gasteiger partial charge in [0.25, 0.3) is 0 Å². The van der Waals surface area contributed by atoms with Crippen molar-refractivity contribution in [3.63, 3.8) is 0 Å². The van der Waals surface area contributed by atoms with E-state index in [1.165, 1.54) is 17.0 Å². The molecule has 0 saturated carbocycles. The first-order chi connectivity index (χ1) is 11.5. The van der Waals surface area contributed by atoms with Gasteiger partial charge in [-0.05, 0) is 41.8 Å². The molecule has 2 aromatic rings. The Balaban J connectivity index is 1.91. The van der Waals surface area contributed by atoms with E-state index in [1.54, 1.807) is 55.6 Å². The fraction of sp³-hybridized carbons (Fsp3) is 0.158. The average molecular weight is 326 g/mol. The summed E-state index contributed by atoms with van der Waals surface area (Å²) in [6, 6.07) is 13.2. The van der Waals surface area contributed by atoms with Crippen LogP contribution in [0.5, 0.6) is 0 Å². The van der Waals surface area contributed by atoms with Gasteiger partial charge in [0, 0.05) is 25.2 Å². The van der Waals surface area contributed by atoms with Crippen LogP contribution in [0.4, 0.5) is 4.39 Å². The second-order valence-electron chi connectivity index (χ2n) is 5.42. The Morgan fingerprint density at radius 2 is 1.79 bits per heavy atom. The normalized spacial score (nSPS) is 10.8. The van der Waals surface area contributed by atoms with Crippen LogP contribution in [-0.2, 0) is 11.2 Å². The summed E-state index contributed by atoms with van der Waals surface area (Å²) in [6.45, 7) is 0.421. The van der Waals surface area contributed by atoms with Crippen molar-refractivity contribution in [2.45, 2.75) is 6.42 Å². The third-order valence-electron chi connectivity index (χ3n) is 3.66. The van der Waals surface area contributed by atoms with E-state index < -0.39 is 5.91 Å². The first-order valence-corrected chi connectivity index (χ1v) is 7.54. The lowest BCUT2D eigenvalue weighted by Gasteiger charge is -2.15. The maximum atomic E-state index is 13.5. The van der Waals surface area contributed by atoms with Gasteiger partial charge in [0.05, 0.1) is 0 Å². The molecule has 24 heavy (non-hydrogen) atoms. The highest BCUT2D eigenvalue weighted by molar-refractivity contribution is 5.94. The monoisotopic (exact) mass is 326 g/mol. The molecule has 124 valence electrons. The predicted octanol–water partition coefficient (Wildman–Crippen LogP) is 2.64. The summed E-state index contributed by atoms with van der Waals surface area (Å²) in [4.78, 5) is 24.6. The molecular weight excluding hydrogens is 307 g/mol. The van der Waals surface area contributed by atoms with Crippen LogP contribution in [0.1, 0.15) is 21.5 Å². The number of halogens is 1. The number of amides is 2. The average Bonchev–Trinajstić information content (AvgIpc) is 2.59. The van der Waals surface area contributed by atoms with Crippen LogP contribution in [0.3, 0.4) is 0 Å². The molecule has 0 aliphatic heterocycles. The lowest BCUT2D eigenvalue weighted by molar-refractivity contribution is -0.124. The van der Waals surface area contributed by atoms with Gasteiger partial charge >= 0.3 is 0 Å². The highest BCUT2D eigenvalue weighted by Gasteiger charge is 2.07. The maximum Gasteiger partial charge on any atom is 0.248 e. The van der Waals surface area contributed by atoms with Gasteiger partial charge in [-0.15, -0.1) is 0 Å². The van der Waals surface area contributed by atoms with E-state index in [0.29, 0.717) is 24.1 Å². The van der Waals surface area contributed by atoms with Crippen LogP contribution < -0.4 is 5.73 Å². The van der Waals surface area contributed by atoms with Crippen molar-refractivity contribution in [1.29, 1.82) is 0 Å². The molecule has 2 rings (SSSR count). The van der Waals surface area contributed by atoms with Crippen LogP contribution in [-0.4, -0.2) is 30.3 Å². The van der Waals surface area contributed by atoms with Crippen molar-refractivity contribution >= 4 is 17.9 Å². The number of benzene rings is 2. The van der Waals surface area contributed by atoms with Gasteiger partial charge in [0.1, 0.15) is 5.82 Å². The van der Waals surface area contributed by atoms with E-state index in [1.807, 2.05) is 0 Å². The topological polar surface area (TPSA) is 63.4 Å². The van der Waals surface area contributed by atoms with E-state index in [2.05, 4.69) is 0 Å². The molecule has 0 atom stereocenters. The molecule has 2 aromatic carbocycles. The summed E-state index contributed by atoms with van der Waals surface area (Å²) in [6.07, 6.45) is 3.56. The van der Waals surface area contributed by atoms with Crippen LogP contribution >= 0.6 is 0 Å². The highest BCUT2D eigenvalue weighted by Crippen LogP contribution is 2.09. The Kier molecular flexibility index (Phi) is 5.84. The minimum atomic E-state index is -0.491. The number of primary amides is 1. The first-order valence-electron chi connectivity index (χ1n) is 7.54. The van der Waals surface area contributed by atoms with Crippen molar-refractivity contribution in [3.8, 4) is 0 Å². The van der Waals surface area contributed by atoms with Crippen molar-refractivity contribution in [2.24, 2.45) is 5.73 Å². The van der Waals surface area contributed by atoms with Crippen LogP contribution in [0.25, 0.3) is 6.08 Å². The van der Waals surface area contributed by atoms with Crippen molar-refractivity contribution in [3.05, 3.63) is 77.1 Å². The number of nitrogens with two attached hydrogens (primary N) is 1. The van der Waals surface area contributed by atoms with Gasteiger partial charge in [0.15, 0.2) is 0 Å². The van der Waals surface area contributed by atoms with Crippen molar-refractivity contribution in [2.75, 3.05) is 13.6 Å². The summed E-state index contributed by atoms with van der Waals surface area (Å²) in [5.74, 6) is -0.928.